The standard InChI is InChI=1S/C19H17ClN4O2S/c1-26-15-6-2-13(3-7-15)12-27-16-8-4-14(5-9-16)19(25)24-23-18-11-10-17(20)21-22-18/h2-11H,12H2,1H3,(H,22,23)(H,24,25). The lowest BCUT2D eigenvalue weighted by Gasteiger charge is -2.08. The number of thioether (sulfide) groups is 1. The van der Waals surface area contributed by atoms with Gasteiger partial charge in [-0.15, -0.1) is 22.0 Å². The number of nitrogens with zero attached hydrogens (tertiary/aromatic N) is 2. The first kappa shape index (κ1) is 19.0. The van der Waals surface area contributed by atoms with Crippen molar-refractivity contribution in [2.75, 3.05) is 12.5 Å². The van der Waals surface area contributed by atoms with Crippen molar-refractivity contribution in [2.45, 2.75) is 10.6 Å². The molecule has 0 spiro atoms. The Hall–Kier alpha value is -2.77. The van der Waals surface area contributed by atoms with E-state index in [2.05, 4.69) is 21.0 Å². The minimum Gasteiger partial charge on any atom is -0.497 e. The molecule has 3 aromatic rings. The first-order valence-electron chi connectivity index (χ1n) is 8.05. The topological polar surface area (TPSA) is 76.1 Å². The number of hydrogen-bond donors (Lipinski definition) is 2. The Kier molecular flexibility index (Phi) is 6.51. The van der Waals surface area contributed by atoms with Crippen LogP contribution >= 0.6 is 23.4 Å². The van der Waals surface area contributed by atoms with Crippen LogP contribution in [0.15, 0.2) is 65.6 Å². The number of carbonyl (C=O) groups is 1. The van der Waals surface area contributed by atoms with E-state index in [1.807, 2.05) is 36.4 Å². The van der Waals surface area contributed by atoms with E-state index in [9.17, 15) is 4.79 Å². The number of amides is 1. The fourth-order valence-corrected chi connectivity index (χ4v) is 3.12. The number of benzene rings is 2. The van der Waals surface area contributed by atoms with Gasteiger partial charge in [0, 0.05) is 16.2 Å². The molecule has 0 bridgehead atoms. The van der Waals surface area contributed by atoms with Gasteiger partial charge in [0.2, 0.25) is 0 Å². The second-order valence-electron chi connectivity index (χ2n) is 5.48. The highest BCUT2D eigenvalue weighted by molar-refractivity contribution is 7.98. The Bertz CT molecular complexity index is 887. The zero-order valence-electron chi connectivity index (χ0n) is 14.5. The van der Waals surface area contributed by atoms with Gasteiger partial charge in [-0.25, -0.2) is 0 Å². The lowest BCUT2D eigenvalue weighted by molar-refractivity contribution is 0.0962. The minimum absolute atomic E-state index is 0.265. The molecule has 2 N–H and O–H groups in total. The van der Waals surface area contributed by atoms with Gasteiger partial charge in [0.15, 0.2) is 11.0 Å². The molecule has 8 heteroatoms. The van der Waals surface area contributed by atoms with Gasteiger partial charge in [-0.3, -0.25) is 15.6 Å². The SMILES string of the molecule is COc1ccc(CSc2ccc(C(=O)NNc3ccc(Cl)nn3)cc2)cc1. The van der Waals surface area contributed by atoms with Crippen molar-refractivity contribution in [1.82, 2.24) is 15.6 Å². The van der Waals surface area contributed by atoms with E-state index in [1.165, 1.54) is 5.56 Å². The maximum Gasteiger partial charge on any atom is 0.269 e. The Morgan fingerprint density at radius 3 is 2.41 bits per heavy atom. The molecule has 1 amide bonds. The van der Waals surface area contributed by atoms with Crippen LogP contribution in [0.5, 0.6) is 5.75 Å². The summed E-state index contributed by atoms with van der Waals surface area (Å²) in [6, 6.07) is 18.6. The monoisotopic (exact) mass is 400 g/mol. The maximum absolute atomic E-state index is 12.2. The van der Waals surface area contributed by atoms with Gasteiger partial charge in [-0.2, -0.15) is 0 Å². The quantitative estimate of drug-likeness (QED) is 0.457. The summed E-state index contributed by atoms with van der Waals surface area (Å²) in [4.78, 5) is 13.3. The minimum atomic E-state index is -0.265. The maximum atomic E-state index is 12.2. The van der Waals surface area contributed by atoms with Crippen molar-refractivity contribution in [3.05, 3.63) is 76.9 Å². The van der Waals surface area contributed by atoms with Crippen LogP contribution in [-0.4, -0.2) is 23.2 Å². The summed E-state index contributed by atoms with van der Waals surface area (Å²) in [7, 11) is 1.65. The summed E-state index contributed by atoms with van der Waals surface area (Å²) in [6.45, 7) is 0. The van der Waals surface area contributed by atoms with E-state index in [1.54, 1.807) is 43.1 Å². The predicted molar refractivity (Wildman–Crippen MR) is 107 cm³/mol. The third kappa shape index (κ3) is 5.60. The first-order valence-corrected chi connectivity index (χ1v) is 9.42. The predicted octanol–water partition coefficient (Wildman–Crippen LogP) is 4.19. The largest absolute Gasteiger partial charge is 0.497 e. The molecule has 2 aromatic carbocycles. The highest BCUT2D eigenvalue weighted by Crippen LogP contribution is 2.24. The molecule has 0 radical (unpaired) electrons. The van der Waals surface area contributed by atoms with Gasteiger partial charge in [0.05, 0.1) is 7.11 Å². The zero-order chi connectivity index (χ0) is 19.1. The van der Waals surface area contributed by atoms with Crippen LogP contribution in [-0.2, 0) is 5.75 Å². The Morgan fingerprint density at radius 1 is 1.04 bits per heavy atom. The Labute approximate surface area is 166 Å². The average molecular weight is 401 g/mol. The third-order valence-electron chi connectivity index (χ3n) is 3.62. The fraction of sp³-hybridized carbons (Fsp3) is 0.105. The lowest BCUT2D eigenvalue weighted by Crippen LogP contribution is -2.29. The van der Waals surface area contributed by atoms with Crippen LogP contribution in [0.4, 0.5) is 5.82 Å². The van der Waals surface area contributed by atoms with Gasteiger partial charge < -0.3 is 4.74 Å². The summed E-state index contributed by atoms with van der Waals surface area (Å²) in [6.07, 6.45) is 0. The van der Waals surface area contributed by atoms with Crippen LogP contribution in [0.1, 0.15) is 15.9 Å². The van der Waals surface area contributed by atoms with Crippen molar-refractivity contribution in [1.29, 1.82) is 0 Å². The molecule has 0 atom stereocenters. The number of nitrogens with one attached hydrogen (secondary N) is 2. The number of rotatable bonds is 7. The molecule has 0 fully saturated rings. The molecule has 0 aliphatic rings. The number of ether oxygens (including phenoxy) is 1. The molecule has 0 saturated heterocycles. The van der Waals surface area contributed by atoms with E-state index in [0.29, 0.717) is 11.4 Å². The van der Waals surface area contributed by atoms with E-state index in [4.69, 9.17) is 16.3 Å². The highest BCUT2D eigenvalue weighted by atomic mass is 35.5. The second-order valence-corrected chi connectivity index (χ2v) is 6.92. The highest BCUT2D eigenvalue weighted by Gasteiger charge is 2.06. The molecule has 6 nitrogen and oxygen atoms in total. The van der Waals surface area contributed by atoms with Crippen molar-refractivity contribution in [2.24, 2.45) is 0 Å². The molecule has 3 rings (SSSR count). The summed E-state index contributed by atoms with van der Waals surface area (Å²) in [5.41, 5.74) is 7.01. The number of hydrogen-bond acceptors (Lipinski definition) is 6. The number of aromatic nitrogens is 2. The summed E-state index contributed by atoms with van der Waals surface area (Å²) >= 11 is 7.37. The number of methoxy groups -OCH3 is 1. The normalized spacial score (nSPS) is 10.3. The molecule has 138 valence electrons. The molecular formula is C19H17ClN4O2S. The molecule has 0 aliphatic carbocycles. The molecule has 1 heterocycles. The van der Waals surface area contributed by atoms with Crippen LogP contribution in [0.2, 0.25) is 5.15 Å². The number of halogens is 1. The van der Waals surface area contributed by atoms with E-state index >= 15 is 0 Å². The number of carbonyl (C=O) groups excluding carboxylic acids is 1. The molecule has 0 unspecified atom stereocenters. The average Bonchev–Trinajstić information content (AvgIpc) is 2.72. The Morgan fingerprint density at radius 2 is 1.78 bits per heavy atom. The number of anilines is 1. The number of hydrazine groups is 1. The van der Waals surface area contributed by atoms with Crippen LogP contribution in [0.25, 0.3) is 0 Å². The summed E-state index contributed by atoms with van der Waals surface area (Å²) in [5.74, 6) is 1.82. The molecular weight excluding hydrogens is 384 g/mol. The third-order valence-corrected chi connectivity index (χ3v) is 4.90. The van der Waals surface area contributed by atoms with Crippen molar-refractivity contribution >= 4 is 35.1 Å². The first-order chi connectivity index (χ1) is 13.1. The second kappa shape index (κ2) is 9.25. The summed E-state index contributed by atoms with van der Waals surface area (Å²) < 4.78 is 5.16. The van der Waals surface area contributed by atoms with Crippen molar-refractivity contribution in [3.63, 3.8) is 0 Å². The molecule has 1 aromatic heterocycles. The summed E-state index contributed by atoms with van der Waals surface area (Å²) in [5, 5.41) is 7.78. The van der Waals surface area contributed by atoms with Crippen LogP contribution in [0.3, 0.4) is 0 Å². The van der Waals surface area contributed by atoms with E-state index in [-0.39, 0.29) is 11.1 Å². The van der Waals surface area contributed by atoms with E-state index in [0.717, 1.165) is 16.4 Å². The van der Waals surface area contributed by atoms with Gasteiger partial charge in [-0.1, -0.05) is 23.7 Å². The zero-order valence-corrected chi connectivity index (χ0v) is 16.1. The molecule has 27 heavy (non-hydrogen) atoms. The fourth-order valence-electron chi connectivity index (χ4n) is 2.17. The van der Waals surface area contributed by atoms with Gasteiger partial charge >= 0.3 is 0 Å². The molecule has 0 saturated carbocycles. The van der Waals surface area contributed by atoms with E-state index < -0.39 is 0 Å². The van der Waals surface area contributed by atoms with Gasteiger partial charge in [-0.05, 0) is 54.1 Å². The smallest absolute Gasteiger partial charge is 0.269 e. The lowest BCUT2D eigenvalue weighted by atomic mass is 10.2. The van der Waals surface area contributed by atoms with Gasteiger partial charge in [0.1, 0.15) is 5.75 Å². The molecule has 0 aliphatic heterocycles. The van der Waals surface area contributed by atoms with Gasteiger partial charge in [0.25, 0.3) is 5.91 Å². The van der Waals surface area contributed by atoms with Crippen LogP contribution < -0.4 is 15.6 Å². The van der Waals surface area contributed by atoms with Crippen molar-refractivity contribution in [3.8, 4) is 5.75 Å². The van der Waals surface area contributed by atoms with Crippen molar-refractivity contribution < 1.29 is 9.53 Å². The van der Waals surface area contributed by atoms with Crippen LogP contribution in [0, 0.1) is 0 Å². The Balaban J connectivity index is 1.51.